The molecule has 9 heterocycles. The average molecular weight is 1410 g/mol. The van der Waals surface area contributed by atoms with Gasteiger partial charge in [0.15, 0.2) is 5.78 Å². The van der Waals surface area contributed by atoms with E-state index >= 15 is 0 Å². The Morgan fingerprint density at radius 2 is 0.990 bits per heavy atom. The van der Waals surface area contributed by atoms with Crippen molar-refractivity contribution in [2.75, 3.05) is 134 Å². The van der Waals surface area contributed by atoms with Gasteiger partial charge in [-0.1, -0.05) is 0 Å². The van der Waals surface area contributed by atoms with E-state index in [-0.39, 0.29) is 60.9 Å². The van der Waals surface area contributed by atoms with Crippen molar-refractivity contribution in [1.29, 1.82) is 0 Å². The first-order chi connectivity index (χ1) is 49.1. The number of fused-ring (bicyclic) bond motifs is 4. The Bertz CT molecular complexity index is 4470. The maximum absolute atomic E-state index is 13.3. The standard InChI is InChI=1S/C38H39N5O6S.C24H30N4O2S.C13H9FN2O4/c1-48-28-9-11-32-35(21-28)50-36(39-32)24-3-5-25(6-4-24)42-22-29(23-42)49-18-2-13-40-14-16-41(17-15-40)26-7-10-30-31(19-26)38(47)43(37(30)46)33-12-8-27(44)20-34(33)45;1-29-20-7-8-22-23(15-20)31-24(26-22)18-3-5-19(6-4-18)28-16-21(17-28)30-14-2-11-27-12-9-25-10-13-27;14-6-1-2-7-8(5-6)13(20)16(12(7)19)9-3-4-10(17)15-11(9)18/h3-7,9-11,19,21,29,33H,2,8,12-18,20,22-23H2,1H3;3-8,15,21,25H,2,9-14,16-17H2,1H3;1-2,5,9H,3-4H2,(H,15,17,18). The van der Waals surface area contributed by atoms with E-state index in [4.69, 9.17) is 28.9 Å². The highest BCUT2D eigenvalue weighted by atomic mass is 32.1. The van der Waals surface area contributed by atoms with Crippen molar-refractivity contribution in [2.24, 2.45) is 0 Å². The first-order valence-electron chi connectivity index (χ1n) is 34.4. The van der Waals surface area contributed by atoms with Crippen LogP contribution in [0, 0.1) is 5.82 Å². The van der Waals surface area contributed by atoms with Gasteiger partial charge < -0.3 is 43.9 Å². The van der Waals surface area contributed by atoms with Crippen LogP contribution < -0.4 is 34.8 Å². The number of anilines is 3. The lowest BCUT2D eigenvalue weighted by Crippen LogP contribution is -2.54. The molecule has 0 bridgehead atoms. The van der Waals surface area contributed by atoms with Gasteiger partial charge in [-0.05, 0) is 147 Å². The number of ether oxygens (including phenoxy) is 4. The third kappa shape index (κ3) is 15.2. The molecule has 8 aliphatic rings. The fraction of sp³-hybridized carbons (Fsp3) is 0.387. The van der Waals surface area contributed by atoms with Crippen LogP contribution in [-0.2, 0) is 28.7 Å². The second-order valence-corrected chi connectivity index (χ2v) is 28.4. The number of hydrogen-bond donors (Lipinski definition) is 2. The minimum atomic E-state index is -1.02. The van der Waals surface area contributed by atoms with Crippen LogP contribution in [0.1, 0.15) is 86.4 Å². The number of carbonyl (C=O) groups excluding carboxylic acids is 8. The molecule has 1 saturated carbocycles. The summed E-state index contributed by atoms with van der Waals surface area (Å²) in [6.45, 7) is 15.5. The van der Waals surface area contributed by atoms with Crippen molar-refractivity contribution in [1.82, 2.24) is 40.2 Å². The van der Waals surface area contributed by atoms with Crippen LogP contribution in [0.4, 0.5) is 21.5 Å². The summed E-state index contributed by atoms with van der Waals surface area (Å²) in [4.78, 5) is 121. The molecule has 6 amide bonds. The van der Waals surface area contributed by atoms with Crippen molar-refractivity contribution in [3.8, 4) is 32.6 Å². The van der Waals surface area contributed by atoms with Crippen molar-refractivity contribution < 1.29 is 61.7 Å². The van der Waals surface area contributed by atoms with Gasteiger partial charge in [0.05, 0.1) is 81.6 Å². The molecule has 524 valence electrons. The van der Waals surface area contributed by atoms with E-state index in [0.29, 0.717) is 17.2 Å². The van der Waals surface area contributed by atoms with E-state index in [9.17, 15) is 42.7 Å². The molecule has 5 saturated heterocycles. The van der Waals surface area contributed by atoms with E-state index < -0.39 is 53.3 Å². The van der Waals surface area contributed by atoms with Crippen LogP contribution in [0.5, 0.6) is 11.5 Å². The number of benzene rings is 6. The van der Waals surface area contributed by atoms with Gasteiger partial charge in [0, 0.05) is 146 Å². The maximum atomic E-state index is 13.3. The predicted octanol–water partition coefficient (Wildman–Crippen LogP) is 8.38. The summed E-state index contributed by atoms with van der Waals surface area (Å²) < 4.78 is 38.3. The number of rotatable bonds is 19. The molecule has 0 spiro atoms. The summed E-state index contributed by atoms with van der Waals surface area (Å²) in [6.07, 6.45) is 3.05. The number of piperazine rings is 2. The monoisotopic (exact) mass is 1410 g/mol. The summed E-state index contributed by atoms with van der Waals surface area (Å²) in [6, 6.07) is 36.1. The van der Waals surface area contributed by atoms with Gasteiger partial charge in [0.2, 0.25) is 11.8 Å². The van der Waals surface area contributed by atoms with Gasteiger partial charge in [-0.25, -0.2) is 14.4 Å². The molecule has 7 aliphatic heterocycles. The number of nitrogens with one attached hydrogen (secondary N) is 2. The Morgan fingerprint density at radius 1 is 0.505 bits per heavy atom. The Kier molecular flexibility index (Phi) is 20.7. The molecule has 101 heavy (non-hydrogen) atoms. The van der Waals surface area contributed by atoms with Crippen LogP contribution in [0.2, 0.25) is 0 Å². The molecule has 26 heteroatoms. The summed E-state index contributed by atoms with van der Waals surface area (Å²) in [5.74, 6) is -2.75. The molecule has 23 nitrogen and oxygen atoms in total. The van der Waals surface area contributed by atoms with E-state index in [1.165, 1.54) is 30.5 Å². The number of carbonyl (C=O) groups is 8. The van der Waals surface area contributed by atoms with Crippen molar-refractivity contribution in [3.05, 3.63) is 149 Å². The maximum Gasteiger partial charge on any atom is 0.262 e. The van der Waals surface area contributed by atoms with Gasteiger partial charge in [0.25, 0.3) is 23.6 Å². The van der Waals surface area contributed by atoms with E-state index in [0.717, 1.165) is 185 Å². The van der Waals surface area contributed by atoms with Gasteiger partial charge in [-0.3, -0.25) is 58.4 Å². The molecule has 2 aromatic heterocycles. The second-order valence-electron chi connectivity index (χ2n) is 26.3. The van der Waals surface area contributed by atoms with Crippen LogP contribution in [0.15, 0.2) is 121 Å². The number of hydrogen-bond acceptors (Lipinski definition) is 22. The summed E-state index contributed by atoms with van der Waals surface area (Å²) in [5, 5.41) is 7.54. The lowest BCUT2D eigenvalue weighted by molar-refractivity contribution is -0.136. The number of halogens is 1. The van der Waals surface area contributed by atoms with Gasteiger partial charge >= 0.3 is 0 Å². The third-order valence-corrected chi connectivity index (χ3v) is 21.9. The Hall–Kier alpha value is -9.41. The quantitative estimate of drug-likeness (QED) is 0.0438. The summed E-state index contributed by atoms with van der Waals surface area (Å²) in [5.41, 5.74) is 8.32. The smallest absolute Gasteiger partial charge is 0.262 e. The van der Waals surface area contributed by atoms with Crippen LogP contribution in [0.25, 0.3) is 41.6 Å². The van der Waals surface area contributed by atoms with Gasteiger partial charge in [-0.15, -0.1) is 22.7 Å². The molecule has 8 aromatic rings. The normalized spacial score (nSPS) is 19.8. The highest BCUT2D eigenvalue weighted by Crippen LogP contribution is 2.38. The van der Waals surface area contributed by atoms with E-state index in [1.807, 2.05) is 36.4 Å². The number of methoxy groups -OCH3 is 2. The fourth-order valence-electron chi connectivity index (χ4n) is 14.0. The van der Waals surface area contributed by atoms with Gasteiger partial charge in [-0.2, -0.15) is 0 Å². The lowest BCUT2D eigenvalue weighted by Gasteiger charge is -2.41. The van der Waals surface area contributed by atoms with Gasteiger partial charge in [0.1, 0.15) is 39.2 Å². The van der Waals surface area contributed by atoms with E-state index in [1.54, 1.807) is 49.0 Å². The summed E-state index contributed by atoms with van der Waals surface area (Å²) in [7, 11) is 3.37. The minimum absolute atomic E-state index is 0.0537. The molecule has 2 N–H and O–H groups in total. The number of imide groups is 3. The fourth-order valence-corrected chi connectivity index (χ4v) is 16.0. The Labute approximate surface area is 591 Å². The average Bonchev–Trinajstić information content (AvgIpc) is 1.62. The number of thiazole rings is 2. The molecule has 0 radical (unpaired) electrons. The lowest BCUT2D eigenvalue weighted by atomic mass is 9.92. The minimum Gasteiger partial charge on any atom is -0.497 e. The molecular weight excluding hydrogens is 1330 g/mol. The predicted molar refractivity (Wildman–Crippen MR) is 382 cm³/mol. The molecule has 2 atom stereocenters. The van der Waals surface area contributed by atoms with E-state index in [2.05, 4.69) is 89.7 Å². The zero-order valence-corrected chi connectivity index (χ0v) is 57.9. The van der Waals surface area contributed by atoms with Crippen molar-refractivity contribution in [3.63, 3.8) is 0 Å². The first kappa shape index (κ1) is 68.7. The van der Waals surface area contributed by atoms with Crippen LogP contribution in [0.3, 0.4) is 0 Å². The number of ketones is 2. The molecule has 2 unspecified atom stereocenters. The number of piperidine rings is 1. The first-order valence-corrected chi connectivity index (χ1v) is 36.1. The van der Waals surface area contributed by atoms with Crippen molar-refractivity contribution >= 4 is 107 Å². The number of amides is 6. The Balaban J connectivity index is 0.000000144. The molecule has 6 aromatic carbocycles. The zero-order chi connectivity index (χ0) is 69.8. The topological polar surface area (TPSA) is 246 Å². The highest BCUT2D eigenvalue weighted by molar-refractivity contribution is 7.22. The second kappa shape index (κ2) is 30.4. The largest absolute Gasteiger partial charge is 0.497 e. The number of aromatic nitrogens is 2. The molecule has 1 aliphatic carbocycles. The summed E-state index contributed by atoms with van der Waals surface area (Å²) >= 11 is 3.38. The third-order valence-electron chi connectivity index (χ3n) is 19.8. The van der Waals surface area contributed by atoms with Crippen LogP contribution >= 0.6 is 22.7 Å². The highest BCUT2D eigenvalue weighted by Gasteiger charge is 2.46. The molecular formula is C75H78FN11O12S2. The molecule has 16 rings (SSSR count). The van der Waals surface area contributed by atoms with Crippen molar-refractivity contribution in [2.45, 2.75) is 69.2 Å². The van der Waals surface area contributed by atoms with Crippen LogP contribution in [-0.4, -0.2) is 220 Å². The number of Topliss-reactive ketones (excluding diaryl/α,β-unsaturated/α-hetero) is 2. The number of nitrogens with zero attached hydrogens (tertiary/aromatic N) is 9. The molecule has 6 fully saturated rings. The Morgan fingerprint density at radius 3 is 1.51 bits per heavy atom. The SMILES string of the molecule is COc1ccc2nc(-c3ccc(N4CC(OCCCN5CCN(c6ccc7c(c6)C(=O)N(C6CCC(=O)CC6=O)C7=O)CC5)C4)cc3)sc2c1.COc1ccc2nc(-c3ccc(N4CC(OCCCN5CCNCC5)C4)cc3)sc2c1.O=C1CCC(N2C(=O)c3ccc(F)cc3C2=O)C(=O)N1. The zero-order valence-electron chi connectivity index (χ0n) is 56.2.